The molecule has 2 aromatic heterocycles. The molecule has 1 amide bonds. The van der Waals surface area contributed by atoms with Gasteiger partial charge in [0.05, 0.1) is 4.92 Å². The maximum atomic E-state index is 12.3. The van der Waals surface area contributed by atoms with Crippen molar-refractivity contribution in [2.45, 2.75) is 39.2 Å². The molecule has 0 saturated carbocycles. The van der Waals surface area contributed by atoms with Crippen molar-refractivity contribution in [3.05, 3.63) is 39.7 Å². The van der Waals surface area contributed by atoms with Crippen LogP contribution in [0.25, 0.3) is 0 Å². The van der Waals surface area contributed by atoms with Crippen molar-refractivity contribution in [2.24, 2.45) is 5.92 Å². The van der Waals surface area contributed by atoms with E-state index in [0.29, 0.717) is 18.7 Å². The molecule has 0 aliphatic carbocycles. The molecule has 0 spiro atoms. The molecule has 1 aliphatic rings. The van der Waals surface area contributed by atoms with E-state index in [1.165, 1.54) is 0 Å². The molecule has 0 saturated heterocycles. The molecule has 9 heteroatoms. The number of carbonyl (C=O) groups is 1. The summed E-state index contributed by atoms with van der Waals surface area (Å²) in [6, 6.07) is 0. The summed E-state index contributed by atoms with van der Waals surface area (Å²) in [6.45, 7) is 3.17. The van der Waals surface area contributed by atoms with Crippen LogP contribution < -0.4 is 5.32 Å². The number of nitrogens with one attached hydrogen (secondary N) is 2. The Morgan fingerprint density at radius 1 is 1.58 bits per heavy atom. The Kier molecular flexibility index (Phi) is 4.59. The van der Waals surface area contributed by atoms with Gasteiger partial charge in [-0.1, -0.05) is 13.3 Å². The number of amides is 1. The number of imidazole rings is 1. The van der Waals surface area contributed by atoms with Crippen LogP contribution in [0, 0.1) is 16.0 Å². The fraction of sp³-hybridized carbons (Fsp3) is 0.533. The van der Waals surface area contributed by atoms with Gasteiger partial charge in [-0.25, -0.2) is 4.98 Å². The summed E-state index contributed by atoms with van der Waals surface area (Å²) >= 11 is 0. The minimum Gasteiger partial charge on any atom is -0.350 e. The highest BCUT2D eigenvalue weighted by atomic mass is 16.6. The zero-order chi connectivity index (χ0) is 17.1. The molecule has 1 atom stereocenters. The van der Waals surface area contributed by atoms with E-state index in [1.807, 2.05) is 13.1 Å². The SMILES string of the molecule is CCCc1[nH]nc(C(=O)NCC2CCc3nccn3C2)c1[N+](=O)[O-]. The van der Waals surface area contributed by atoms with E-state index >= 15 is 0 Å². The Labute approximate surface area is 138 Å². The van der Waals surface area contributed by atoms with Gasteiger partial charge in [-0.3, -0.25) is 20.0 Å². The second-order valence-corrected chi connectivity index (χ2v) is 6.02. The maximum Gasteiger partial charge on any atom is 0.322 e. The van der Waals surface area contributed by atoms with E-state index < -0.39 is 10.8 Å². The van der Waals surface area contributed by atoms with Crippen molar-refractivity contribution in [3.63, 3.8) is 0 Å². The van der Waals surface area contributed by atoms with Crippen LogP contribution >= 0.6 is 0 Å². The molecule has 128 valence electrons. The summed E-state index contributed by atoms with van der Waals surface area (Å²) in [4.78, 5) is 27.3. The fourth-order valence-electron chi connectivity index (χ4n) is 3.08. The zero-order valence-electron chi connectivity index (χ0n) is 13.5. The summed E-state index contributed by atoms with van der Waals surface area (Å²) in [5, 5.41) is 20.5. The molecule has 0 radical (unpaired) electrons. The van der Waals surface area contributed by atoms with Gasteiger partial charge in [-0.05, 0) is 18.8 Å². The molecule has 1 aliphatic heterocycles. The number of rotatable bonds is 6. The molecule has 2 aromatic rings. The van der Waals surface area contributed by atoms with Crippen LogP contribution in [0.15, 0.2) is 12.4 Å². The second kappa shape index (κ2) is 6.81. The van der Waals surface area contributed by atoms with Crippen molar-refractivity contribution in [2.75, 3.05) is 6.54 Å². The van der Waals surface area contributed by atoms with E-state index in [4.69, 9.17) is 0 Å². The number of H-pyrrole nitrogens is 1. The normalized spacial score (nSPS) is 16.6. The average Bonchev–Trinajstić information content (AvgIpc) is 3.18. The van der Waals surface area contributed by atoms with E-state index in [9.17, 15) is 14.9 Å². The van der Waals surface area contributed by atoms with Crippen molar-refractivity contribution < 1.29 is 9.72 Å². The number of carbonyl (C=O) groups excluding carboxylic acids is 1. The van der Waals surface area contributed by atoms with Crippen molar-refractivity contribution in [1.82, 2.24) is 25.1 Å². The van der Waals surface area contributed by atoms with Crippen LogP contribution in [0.1, 0.15) is 41.8 Å². The van der Waals surface area contributed by atoms with Crippen LogP contribution in [0.4, 0.5) is 5.69 Å². The minimum absolute atomic E-state index is 0.137. The second-order valence-electron chi connectivity index (χ2n) is 6.02. The summed E-state index contributed by atoms with van der Waals surface area (Å²) < 4.78 is 2.08. The Bertz CT molecular complexity index is 750. The first-order valence-corrected chi connectivity index (χ1v) is 8.10. The maximum absolute atomic E-state index is 12.3. The molecule has 3 rings (SSSR count). The first-order chi connectivity index (χ1) is 11.6. The first kappa shape index (κ1) is 16.2. The largest absolute Gasteiger partial charge is 0.350 e. The van der Waals surface area contributed by atoms with Crippen molar-refractivity contribution in [1.29, 1.82) is 0 Å². The van der Waals surface area contributed by atoms with E-state index in [2.05, 4.69) is 25.1 Å². The number of hydrogen-bond donors (Lipinski definition) is 2. The van der Waals surface area contributed by atoms with Gasteiger partial charge in [0.25, 0.3) is 5.91 Å². The lowest BCUT2D eigenvalue weighted by atomic mass is 9.99. The Morgan fingerprint density at radius 3 is 3.17 bits per heavy atom. The lowest BCUT2D eigenvalue weighted by Gasteiger charge is -2.23. The van der Waals surface area contributed by atoms with Gasteiger partial charge in [-0.2, -0.15) is 5.10 Å². The minimum atomic E-state index is -0.540. The summed E-state index contributed by atoms with van der Waals surface area (Å²) in [6.07, 6.45) is 6.73. The highest BCUT2D eigenvalue weighted by Gasteiger charge is 2.29. The molecule has 2 N–H and O–H groups in total. The van der Waals surface area contributed by atoms with Gasteiger partial charge in [0.15, 0.2) is 0 Å². The molecule has 0 bridgehead atoms. The third kappa shape index (κ3) is 3.15. The zero-order valence-corrected chi connectivity index (χ0v) is 13.5. The van der Waals surface area contributed by atoms with Crippen molar-refractivity contribution in [3.8, 4) is 0 Å². The Morgan fingerprint density at radius 2 is 2.42 bits per heavy atom. The number of hydrogen-bond acceptors (Lipinski definition) is 5. The third-order valence-corrected chi connectivity index (χ3v) is 4.29. The van der Waals surface area contributed by atoms with Crippen LogP contribution in [-0.4, -0.2) is 37.1 Å². The van der Waals surface area contributed by atoms with Gasteiger partial charge in [0.2, 0.25) is 5.69 Å². The molecule has 24 heavy (non-hydrogen) atoms. The average molecular weight is 332 g/mol. The number of aromatic nitrogens is 4. The van der Waals surface area contributed by atoms with Crippen LogP contribution in [0.2, 0.25) is 0 Å². The third-order valence-electron chi connectivity index (χ3n) is 4.29. The van der Waals surface area contributed by atoms with Gasteiger partial charge in [-0.15, -0.1) is 0 Å². The summed E-state index contributed by atoms with van der Waals surface area (Å²) in [5.74, 6) is 0.838. The standard InChI is InChI=1S/C15H20N6O3/c1-2-3-11-14(21(23)24)13(19-18-11)15(22)17-8-10-4-5-12-16-6-7-20(12)9-10/h6-7,10H,2-5,8-9H2,1H3,(H,17,22)(H,18,19). The smallest absolute Gasteiger partial charge is 0.322 e. The number of nitro groups is 1. The predicted octanol–water partition coefficient (Wildman–Crippen LogP) is 1.46. The highest BCUT2D eigenvalue weighted by molar-refractivity contribution is 5.96. The highest BCUT2D eigenvalue weighted by Crippen LogP contribution is 2.23. The van der Waals surface area contributed by atoms with E-state index in [1.54, 1.807) is 6.20 Å². The van der Waals surface area contributed by atoms with Gasteiger partial charge < -0.3 is 9.88 Å². The monoisotopic (exact) mass is 332 g/mol. The molecular formula is C15H20N6O3. The van der Waals surface area contributed by atoms with Gasteiger partial charge >= 0.3 is 5.69 Å². The number of fused-ring (bicyclic) bond motifs is 1. The quantitative estimate of drug-likeness (QED) is 0.613. The lowest BCUT2D eigenvalue weighted by Crippen LogP contribution is -2.34. The van der Waals surface area contributed by atoms with Crippen molar-refractivity contribution >= 4 is 11.6 Å². The van der Waals surface area contributed by atoms with Crippen LogP contribution in [0.3, 0.4) is 0 Å². The van der Waals surface area contributed by atoms with Crippen LogP contribution in [-0.2, 0) is 19.4 Å². The summed E-state index contributed by atoms with van der Waals surface area (Å²) in [5.41, 5.74) is 0.0471. The molecular weight excluding hydrogens is 312 g/mol. The number of aryl methyl sites for hydroxylation is 2. The van der Waals surface area contributed by atoms with Crippen LogP contribution in [0.5, 0.6) is 0 Å². The summed E-state index contributed by atoms with van der Waals surface area (Å²) in [7, 11) is 0. The number of aromatic amines is 1. The number of nitrogens with zero attached hydrogens (tertiary/aromatic N) is 4. The topological polar surface area (TPSA) is 119 Å². The van der Waals surface area contributed by atoms with Gasteiger partial charge in [0, 0.05) is 31.9 Å². The Hall–Kier alpha value is -2.71. The first-order valence-electron chi connectivity index (χ1n) is 8.10. The predicted molar refractivity (Wildman–Crippen MR) is 85.6 cm³/mol. The lowest BCUT2D eigenvalue weighted by molar-refractivity contribution is -0.385. The fourth-order valence-corrected chi connectivity index (χ4v) is 3.08. The molecule has 9 nitrogen and oxygen atoms in total. The Balaban J connectivity index is 1.64. The van der Waals surface area contributed by atoms with Gasteiger partial charge in [0.1, 0.15) is 11.5 Å². The van der Waals surface area contributed by atoms with E-state index in [0.717, 1.165) is 31.6 Å². The molecule has 1 unspecified atom stereocenters. The molecule has 3 heterocycles. The van der Waals surface area contributed by atoms with E-state index in [-0.39, 0.29) is 17.3 Å². The molecule has 0 fully saturated rings. The molecule has 0 aromatic carbocycles.